The highest BCUT2D eigenvalue weighted by Gasteiger charge is 2.26. The van der Waals surface area contributed by atoms with E-state index in [2.05, 4.69) is 19.2 Å². The SMILES string of the molecule is CCc1nc(C2CCCC(CC)C2)nc2c1CCNC2. The normalized spacial score (nSPS) is 26.3. The molecule has 1 aliphatic carbocycles. The number of hydrogen-bond acceptors (Lipinski definition) is 3. The fourth-order valence-corrected chi connectivity index (χ4v) is 3.83. The van der Waals surface area contributed by atoms with Crippen molar-refractivity contribution in [3.05, 3.63) is 22.8 Å². The van der Waals surface area contributed by atoms with E-state index < -0.39 is 0 Å². The Morgan fingerprint density at radius 3 is 2.90 bits per heavy atom. The van der Waals surface area contributed by atoms with Crippen molar-refractivity contribution < 1.29 is 0 Å². The molecule has 3 nitrogen and oxygen atoms in total. The van der Waals surface area contributed by atoms with Crippen molar-refractivity contribution in [2.75, 3.05) is 6.54 Å². The number of hydrogen-bond donors (Lipinski definition) is 1. The molecule has 1 fully saturated rings. The minimum absolute atomic E-state index is 0.603. The maximum atomic E-state index is 4.96. The molecule has 2 unspecified atom stereocenters. The van der Waals surface area contributed by atoms with Gasteiger partial charge >= 0.3 is 0 Å². The van der Waals surface area contributed by atoms with Crippen LogP contribution in [0.1, 0.15) is 74.6 Å². The number of nitrogens with zero attached hydrogens (tertiary/aromatic N) is 2. The average molecular weight is 273 g/mol. The summed E-state index contributed by atoms with van der Waals surface area (Å²) in [5.74, 6) is 2.63. The molecule has 2 heterocycles. The van der Waals surface area contributed by atoms with Crippen LogP contribution < -0.4 is 5.32 Å². The first-order valence-corrected chi connectivity index (χ1v) is 8.41. The van der Waals surface area contributed by atoms with E-state index >= 15 is 0 Å². The van der Waals surface area contributed by atoms with Crippen molar-refractivity contribution >= 4 is 0 Å². The Bertz CT molecular complexity index is 452. The van der Waals surface area contributed by atoms with Crippen molar-refractivity contribution in [3.8, 4) is 0 Å². The van der Waals surface area contributed by atoms with Gasteiger partial charge in [0.15, 0.2) is 0 Å². The molecule has 1 N–H and O–H groups in total. The van der Waals surface area contributed by atoms with E-state index in [9.17, 15) is 0 Å². The maximum Gasteiger partial charge on any atom is 0.132 e. The molecule has 0 saturated heterocycles. The molecule has 2 aliphatic rings. The third-order valence-corrected chi connectivity index (χ3v) is 5.10. The van der Waals surface area contributed by atoms with Gasteiger partial charge in [-0.1, -0.05) is 33.1 Å². The molecule has 3 rings (SSSR count). The Kier molecular flexibility index (Phi) is 4.35. The fraction of sp³-hybridized carbons (Fsp3) is 0.765. The maximum absolute atomic E-state index is 4.96. The second-order valence-corrected chi connectivity index (χ2v) is 6.37. The third kappa shape index (κ3) is 2.73. The zero-order valence-electron chi connectivity index (χ0n) is 12.9. The van der Waals surface area contributed by atoms with Crippen LogP contribution in [0.2, 0.25) is 0 Å². The van der Waals surface area contributed by atoms with Crippen molar-refractivity contribution in [1.82, 2.24) is 15.3 Å². The lowest BCUT2D eigenvalue weighted by Gasteiger charge is -2.29. The summed E-state index contributed by atoms with van der Waals surface area (Å²) in [4.78, 5) is 9.90. The second-order valence-electron chi connectivity index (χ2n) is 6.37. The zero-order chi connectivity index (χ0) is 13.9. The fourth-order valence-electron chi connectivity index (χ4n) is 3.83. The molecule has 1 aromatic heterocycles. The molecule has 1 aliphatic heterocycles. The van der Waals surface area contributed by atoms with Crippen LogP contribution in [0.3, 0.4) is 0 Å². The standard InChI is InChI=1S/C17H27N3/c1-3-12-6-5-7-13(10-12)17-19-15(4-2)14-8-9-18-11-16(14)20-17/h12-13,18H,3-11H2,1-2H3. The van der Waals surface area contributed by atoms with Crippen molar-refractivity contribution in [2.24, 2.45) is 5.92 Å². The summed E-state index contributed by atoms with van der Waals surface area (Å²) in [6.45, 7) is 6.55. The Balaban J connectivity index is 1.89. The Labute approximate surface area is 122 Å². The highest BCUT2D eigenvalue weighted by Crippen LogP contribution is 2.36. The lowest BCUT2D eigenvalue weighted by molar-refractivity contribution is 0.306. The summed E-state index contributed by atoms with van der Waals surface area (Å²) in [5.41, 5.74) is 4.01. The van der Waals surface area contributed by atoms with Gasteiger partial charge < -0.3 is 5.32 Å². The van der Waals surface area contributed by atoms with E-state index in [0.29, 0.717) is 5.92 Å². The zero-order valence-corrected chi connectivity index (χ0v) is 12.9. The lowest BCUT2D eigenvalue weighted by atomic mass is 9.79. The van der Waals surface area contributed by atoms with Crippen LogP contribution in [0.25, 0.3) is 0 Å². The predicted molar refractivity (Wildman–Crippen MR) is 81.8 cm³/mol. The molecule has 1 saturated carbocycles. The van der Waals surface area contributed by atoms with Crippen LogP contribution in [-0.2, 0) is 19.4 Å². The first-order valence-electron chi connectivity index (χ1n) is 8.41. The highest BCUT2D eigenvalue weighted by atomic mass is 15.0. The van der Waals surface area contributed by atoms with Gasteiger partial charge in [0.2, 0.25) is 0 Å². The van der Waals surface area contributed by atoms with E-state index in [-0.39, 0.29) is 0 Å². The number of nitrogens with one attached hydrogen (secondary N) is 1. The molecule has 0 radical (unpaired) electrons. The monoisotopic (exact) mass is 273 g/mol. The molecule has 1 aromatic rings. The quantitative estimate of drug-likeness (QED) is 0.917. The van der Waals surface area contributed by atoms with Crippen molar-refractivity contribution in [1.29, 1.82) is 0 Å². The van der Waals surface area contributed by atoms with Gasteiger partial charge in [-0.15, -0.1) is 0 Å². The summed E-state index contributed by atoms with van der Waals surface area (Å²) < 4.78 is 0. The topological polar surface area (TPSA) is 37.8 Å². The van der Waals surface area contributed by atoms with Gasteiger partial charge in [0, 0.05) is 18.2 Å². The second kappa shape index (κ2) is 6.21. The van der Waals surface area contributed by atoms with Gasteiger partial charge in [-0.05, 0) is 43.7 Å². The molecule has 20 heavy (non-hydrogen) atoms. The van der Waals surface area contributed by atoms with Crippen LogP contribution >= 0.6 is 0 Å². The number of aryl methyl sites for hydroxylation is 1. The highest BCUT2D eigenvalue weighted by molar-refractivity contribution is 5.29. The predicted octanol–water partition coefficient (Wildman–Crippen LogP) is 3.37. The molecule has 110 valence electrons. The van der Waals surface area contributed by atoms with Crippen LogP contribution in [0.15, 0.2) is 0 Å². The van der Waals surface area contributed by atoms with Crippen LogP contribution in [-0.4, -0.2) is 16.5 Å². The first kappa shape index (κ1) is 14.0. The van der Waals surface area contributed by atoms with Gasteiger partial charge in [0.25, 0.3) is 0 Å². The molecule has 3 heteroatoms. The number of aromatic nitrogens is 2. The summed E-state index contributed by atoms with van der Waals surface area (Å²) in [5, 5.41) is 3.45. The Morgan fingerprint density at radius 1 is 1.20 bits per heavy atom. The van der Waals surface area contributed by atoms with Crippen LogP contribution in [0.5, 0.6) is 0 Å². The van der Waals surface area contributed by atoms with E-state index in [4.69, 9.17) is 9.97 Å². The largest absolute Gasteiger partial charge is 0.311 e. The molecule has 0 bridgehead atoms. The molecule has 0 amide bonds. The van der Waals surface area contributed by atoms with E-state index in [1.54, 1.807) is 0 Å². The van der Waals surface area contributed by atoms with E-state index in [1.807, 2.05) is 0 Å². The number of fused-ring (bicyclic) bond motifs is 1. The van der Waals surface area contributed by atoms with Gasteiger partial charge in [-0.2, -0.15) is 0 Å². The molecule has 0 aromatic carbocycles. The van der Waals surface area contributed by atoms with Gasteiger partial charge in [0.1, 0.15) is 5.82 Å². The van der Waals surface area contributed by atoms with E-state index in [1.165, 1.54) is 49.1 Å². The van der Waals surface area contributed by atoms with Crippen molar-refractivity contribution in [3.63, 3.8) is 0 Å². The summed E-state index contributed by atoms with van der Waals surface area (Å²) in [6, 6.07) is 0. The third-order valence-electron chi connectivity index (χ3n) is 5.10. The smallest absolute Gasteiger partial charge is 0.132 e. The van der Waals surface area contributed by atoms with Crippen LogP contribution in [0.4, 0.5) is 0 Å². The minimum atomic E-state index is 0.603. The summed E-state index contributed by atoms with van der Waals surface area (Å²) in [7, 11) is 0. The Hall–Kier alpha value is -0.960. The van der Waals surface area contributed by atoms with Gasteiger partial charge in [-0.25, -0.2) is 9.97 Å². The molecular formula is C17H27N3. The lowest BCUT2D eigenvalue weighted by Crippen LogP contribution is -2.28. The molecule has 0 spiro atoms. The summed E-state index contributed by atoms with van der Waals surface area (Å²) in [6.07, 6.45) is 8.79. The van der Waals surface area contributed by atoms with Gasteiger partial charge in [0.05, 0.1) is 5.69 Å². The minimum Gasteiger partial charge on any atom is -0.311 e. The van der Waals surface area contributed by atoms with E-state index in [0.717, 1.165) is 37.7 Å². The summed E-state index contributed by atoms with van der Waals surface area (Å²) >= 11 is 0. The van der Waals surface area contributed by atoms with Gasteiger partial charge in [-0.3, -0.25) is 0 Å². The van der Waals surface area contributed by atoms with Crippen molar-refractivity contribution in [2.45, 2.75) is 71.3 Å². The molecular weight excluding hydrogens is 246 g/mol. The number of rotatable bonds is 3. The Morgan fingerprint density at radius 2 is 2.10 bits per heavy atom. The average Bonchev–Trinajstić information content (AvgIpc) is 2.53. The first-order chi connectivity index (χ1) is 9.81. The molecule has 2 atom stereocenters. The van der Waals surface area contributed by atoms with Crippen LogP contribution in [0, 0.1) is 5.92 Å².